The summed E-state index contributed by atoms with van der Waals surface area (Å²) in [4.78, 5) is 17.5. The fraction of sp³-hybridized carbons (Fsp3) is 0.500. The van der Waals surface area contributed by atoms with Gasteiger partial charge in [0.1, 0.15) is 5.82 Å². The van der Waals surface area contributed by atoms with E-state index in [-0.39, 0.29) is 11.9 Å². The molecule has 0 aromatic carbocycles. The number of carbonyl (C=O) groups excluding carboxylic acids is 1. The first-order valence-electron chi connectivity index (χ1n) is 5.46. The van der Waals surface area contributed by atoms with Gasteiger partial charge < -0.3 is 15.4 Å². The predicted octanol–water partition coefficient (Wildman–Crippen LogP) is 1.22. The number of anilines is 2. The van der Waals surface area contributed by atoms with Crippen molar-refractivity contribution in [1.29, 1.82) is 0 Å². The van der Waals surface area contributed by atoms with Crippen molar-refractivity contribution in [3.63, 3.8) is 0 Å². The molecule has 1 heterocycles. The van der Waals surface area contributed by atoms with Gasteiger partial charge >= 0.3 is 5.97 Å². The number of hydrogen-bond acceptors (Lipinski definition) is 5. The Morgan fingerprint density at radius 3 is 2.82 bits per heavy atom. The third kappa shape index (κ3) is 3.34. The topological polar surface area (TPSA) is 68.5 Å². The second kappa shape index (κ2) is 5.52. The Morgan fingerprint density at radius 2 is 2.29 bits per heavy atom. The molecule has 0 aliphatic rings. The van der Waals surface area contributed by atoms with Crippen molar-refractivity contribution in [3.8, 4) is 0 Å². The number of pyridine rings is 1. The highest BCUT2D eigenvalue weighted by Gasteiger charge is 2.17. The molecule has 5 nitrogen and oxygen atoms in total. The highest BCUT2D eigenvalue weighted by molar-refractivity contribution is 5.72. The van der Waals surface area contributed by atoms with Crippen LogP contribution in [0.15, 0.2) is 12.3 Å². The molecule has 2 N–H and O–H groups in total. The molecule has 1 aromatic rings. The van der Waals surface area contributed by atoms with Crippen LogP contribution in [0.2, 0.25) is 0 Å². The highest BCUT2D eigenvalue weighted by atomic mass is 16.5. The number of nitrogen functional groups attached to an aromatic ring is 1. The molecule has 0 amide bonds. The average Bonchev–Trinajstić information content (AvgIpc) is 2.27. The Kier molecular flexibility index (Phi) is 4.31. The number of methoxy groups -OCH3 is 1. The van der Waals surface area contributed by atoms with E-state index in [1.807, 2.05) is 31.9 Å². The second-order valence-corrected chi connectivity index (χ2v) is 4.21. The number of hydrogen-bond donors (Lipinski definition) is 1. The standard InChI is InChI=1S/C12H19N3O2/c1-8-5-10(13)6-14-11(8)15(3)7-9(2)12(16)17-4/h5-6,9H,7,13H2,1-4H3. The summed E-state index contributed by atoms with van der Waals surface area (Å²) in [5.41, 5.74) is 7.27. The van der Waals surface area contributed by atoms with Crippen molar-refractivity contribution in [2.75, 3.05) is 31.3 Å². The van der Waals surface area contributed by atoms with Crippen LogP contribution in [-0.4, -0.2) is 31.7 Å². The summed E-state index contributed by atoms with van der Waals surface area (Å²) in [5, 5.41) is 0. The van der Waals surface area contributed by atoms with Crippen LogP contribution in [0.5, 0.6) is 0 Å². The van der Waals surface area contributed by atoms with E-state index >= 15 is 0 Å². The van der Waals surface area contributed by atoms with Gasteiger partial charge in [0.15, 0.2) is 0 Å². The van der Waals surface area contributed by atoms with Gasteiger partial charge in [0, 0.05) is 13.6 Å². The third-order valence-electron chi connectivity index (χ3n) is 2.58. The first-order chi connectivity index (χ1) is 7.95. The van der Waals surface area contributed by atoms with Crippen molar-refractivity contribution in [1.82, 2.24) is 4.98 Å². The van der Waals surface area contributed by atoms with Gasteiger partial charge in [-0.1, -0.05) is 6.92 Å². The van der Waals surface area contributed by atoms with Crippen LogP contribution in [-0.2, 0) is 9.53 Å². The number of rotatable bonds is 4. The molecule has 0 saturated heterocycles. The molecule has 1 unspecified atom stereocenters. The SMILES string of the molecule is COC(=O)C(C)CN(C)c1ncc(N)cc1C. The van der Waals surface area contributed by atoms with Crippen LogP contribution in [0.3, 0.4) is 0 Å². The van der Waals surface area contributed by atoms with E-state index in [0.29, 0.717) is 12.2 Å². The number of aromatic nitrogens is 1. The van der Waals surface area contributed by atoms with Gasteiger partial charge in [0.25, 0.3) is 0 Å². The lowest BCUT2D eigenvalue weighted by Gasteiger charge is -2.22. The van der Waals surface area contributed by atoms with Gasteiger partial charge in [-0.3, -0.25) is 4.79 Å². The summed E-state index contributed by atoms with van der Waals surface area (Å²) >= 11 is 0. The lowest BCUT2D eigenvalue weighted by atomic mass is 10.1. The lowest BCUT2D eigenvalue weighted by molar-refractivity contribution is -0.144. The van der Waals surface area contributed by atoms with Gasteiger partial charge in [0.2, 0.25) is 0 Å². The molecule has 0 fully saturated rings. The van der Waals surface area contributed by atoms with Gasteiger partial charge in [-0.25, -0.2) is 4.98 Å². The van der Waals surface area contributed by atoms with Crippen molar-refractivity contribution in [2.45, 2.75) is 13.8 Å². The molecule has 5 heteroatoms. The molecule has 1 aromatic heterocycles. The third-order valence-corrected chi connectivity index (χ3v) is 2.58. The minimum atomic E-state index is -0.218. The Labute approximate surface area is 102 Å². The summed E-state index contributed by atoms with van der Waals surface area (Å²) in [5.74, 6) is 0.420. The fourth-order valence-corrected chi connectivity index (χ4v) is 1.76. The summed E-state index contributed by atoms with van der Waals surface area (Å²) in [6, 6.07) is 1.86. The second-order valence-electron chi connectivity index (χ2n) is 4.21. The largest absolute Gasteiger partial charge is 0.469 e. The zero-order chi connectivity index (χ0) is 13.0. The van der Waals surface area contributed by atoms with Crippen LogP contribution >= 0.6 is 0 Å². The Hall–Kier alpha value is -1.78. The maximum atomic E-state index is 11.3. The molecular weight excluding hydrogens is 218 g/mol. The van der Waals surface area contributed by atoms with Gasteiger partial charge in [-0.2, -0.15) is 0 Å². The van der Waals surface area contributed by atoms with Gasteiger partial charge in [-0.05, 0) is 18.6 Å². The summed E-state index contributed by atoms with van der Waals surface area (Å²) < 4.78 is 4.69. The van der Waals surface area contributed by atoms with E-state index in [4.69, 9.17) is 10.5 Å². The number of ether oxygens (including phenoxy) is 1. The molecule has 1 atom stereocenters. The average molecular weight is 237 g/mol. The maximum Gasteiger partial charge on any atom is 0.310 e. The molecule has 1 rings (SSSR count). The number of carbonyl (C=O) groups is 1. The highest BCUT2D eigenvalue weighted by Crippen LogP contribution is 2.18. The van der Waals surface area contributed by atoms with Gasteiger partial charge in [0.05, 0.1) is 24.9 Å². The van der Waals surface area contributed by atoms with Crippen molar-refractivity contribution < 1.29 is 9.53 Å². The van der Waals surface area contributed by atoms with E-state index in [1.54, 1.807) is 6.20 Å². The first-order valence-corrected chi connectivity index (χ1v) is 5.46. The quantitative estimate of drug-likeness (QED) is 0.797. The molecule has 0 bridgehead atoms. The normalized spacial score (nSPS) is 12.0. The van der Waals surface area contributed by atoms with Crippen molar-refractivity contribution in [3.05, 3.63) is 17.8 Å². The number of aryl methyl sites for hydroxylation is 1. The minimum absolute atomic E-state index is 0.191. The maximum absolute atomic E-state index is 11.3. The zero-order valence-corrected chi connectivity index (χ0v) is 10.7. The summed E-state index contributed by atoms with van der Waals surface area (Å²) in [6.07, 6.45) is 1.61. The van der Waals surface area contributed by atoms with Crippen LogP contribution in [0, 0.1) is 12.8 Å². The van der Waals surface area contributed by atoms with Crippen LogP contribution in [0.25, 0.3) is 0 Å². The monoisotopic (exact) mass is 237 g/mol. The molecule has 0 saturated carbocycles. The summed E-state index contributed by atoms with van der Waals surface area (Å²) in [7, 11) is 3.29. The van der Waals surface area contributed by atoms with Crippen LogP contribution in [0.4, 0.5) is 11.5 Å². The minimum Gasteiger partial charge on any atom is -0.469 e. The molecule has 94 valence electrons. The fourth-order valence-electron chi connectivity index (χ4n) is 1.76. The first kappa shape index (κ1) is 13.3. The lowest BCUT2D eigenvalue weighted by Crippen LogP contribution is -2.30. The summed E-state index contributed by atoms with van der Waals surface area (Å²) in [6.45, 7) is 4.33. The van der Waals surface area contributed by atoms with E-state index in [9.17, 15) is 4.79 Å². The molecule has 0 aliphatic carbocycles. The van der Waals surface area contributed by atoms with Crippen LogP contribution in [0.1, 0.15) is 12.5 Å². The van der Waals surface area contributed by atoms with E-state index < -0.39 is 0 Å². The Balaban J connectivity index is 2.76. The molecular formula is C12H19N3O2. The molecule has 0 radical (unpaired) electrons. The molecule has 17 heavy (non-hydrogen) atoms. The zero-order valence-electron chi connectivity index (χ0n) is 10.7. The van der Waals surface area contributed by atoms with Gasteiger partial charge in [-0.15, -0.1) is 0 Å². The van der Waals surface area contributed by atoms with E-state index in [2.05, 4.69) is 4.98 Å². The number of nitrogens with two attached hydrogens (primary N) is 1. The predicted molar refractivity (Wildman–Crippen MR) is 67.8 cm³/mol. The van der Waals surface area contributed by atoms with E-state index in [0.717, 1.165) is 11.4 Å². The van der Waals surface area contributed by atoms with Crippen molar-refractivity contribution in [2.24, 2.45) is 5.92 Å². The number of nitrogens with zero attached hydrogens (tertiary/aromatic N) is 2. The van der Waals surface area contributed by atoms with Crippen molar-refractivity contribution >= 4 is 17.5 Å². The molecule has 0 spiro atoms. The smallest absolute Gasteiger partial charge is 0.310 e. The number of esters is 1. The molecule has 0 aliphatic heterocycles. The van der Waals surface area contributed by atoms with Crippen LogP contribution < -0.4 is 10.6 Å². The Bertz CT molecular complexity index is 407. The Morgan fingerprint density at radius 1 is 1.65 bits per heavy atom. The van der Waals surface area contributed by atoms with E-state index in [1.165, 1.54) is 7.11 Å².